The van der Waals surface area contributed by atoms with Crippen LogP contribution in [0.3, 0.4) is 0 Å². The number of imidazole rings is 1. The van der Waals surface area contributed by atoms with E-state index in [1.807, 2.05) is 41.3 Å². The van der Waals surface area contributed by atoms with E-state index in [1.54, 1.807) is 11.8 Å². The van der Waals surface area contributed by atoms with E-state index in [-0.39, 0.29) is 5.91 Å². The van der Waals surface area contributed by atoms with Crippen LogP contribution in [0.1, 0.15) is 12.8 Å². The van der Waals surface area contributed by atoms with Crippen LogP contribution in [0.4, 0.5) is 0 Å². The molecule has 5 heteroatoms. The van der Waals surface area contributed by atoms with Gasteiger partial charge in [0.05, 0.1) is 17.3 Å². The highest BCUT2D eigenvalue weighted by atomic mass is 32.2. The number of aromatic amines is 1. The average Bonchev–Trinajstić information content (AvgIpc) is 3.28. The van der Waals surface area contributed by atoms with Gasteiger partial charge in [-0.05, 0) is 6.42 Å². The Balaban J connectivity index is 1.65. The number of likely N-dealkylation sites (tertiary alicyclic amines) is 1. The van der Waals surface area contributed by atoms with Crippen molar-refractivity contribution in [3.8, 4) is 22.5 Å². The summed E-state index contributed by atoms with van der Waals surface area (Å²) in [5.74, 6) is 0.889. The van der Waals surface area contributed by atoms with Crippen LogP contribution in [-0.2, 0) is 4.79 Å². The fourth-order valence-electron chi connectivity index (χ4n) is 3.02. The molecule has 0 radical (unpaired) electrons. The molecule has 0 aliphatic carbocycles. The Bertz CT molecular complexity index is 804. The summed E-state index contributed by atoms with van der Waals surface area (Å²) >= 11 is 1.58. The zero-order chi connectivity index (χ0) is 17.1. The highest BCUT2D eigenvalue weighted by Gasteiger charge is 2.21. The maximum Gasteiger partial charge on any atom is 0.223 e. The average molecular weight is 349 g/mol. The smallest absolute Gasteiger partial charge is 0.223 e. The van der Waals surface area contributed by atoms with Gasteiger partial charge in [0, 0.05) is 24.1 Å². The van der Waals surface area contributed by atoms with Crippen molar-refractivity contribution in [2.45, 2.75) is 18.0 Å². The van der Waals surface area contributed by atoms with E-state index in [0.29, 0.717) is 12.3 Å². The molecule has 2 aromatic carbocycles. The number of benzene rings is 2. The number of nitrogens with one attached hydrogen (secondary N) is 1. The summed E-state index contributed by atoms with van der Waals surface area (Å²) in [7, 11) is 0. The van der Waals surface area contributed by atoms with E-state index in [9.17, 15) is 4.79 Å². The third-order valence-electron chi connectivity index (χ3n) is 4.32. The van der Waals surface area contributed by atoms with E-state index >= 15 is 0 Å². The summed E-state index contributed by atoms with van der Waals surface area (Å²) in [6.45, 7) is 0.851. The number of hydrogen-bond donors (Lipinski definition) is 1. The lowest BCUT2D eigenvalue weighted by Crippen LogP contribution is -2.23. The van der Waals surface area contributed by atoms with Gasteiger partial charge in [0.1, 0.15) is 0 Å². The summed E-state index contributed by atoms with van der Waals surface area (Å²) < 4.78 is 0. The van der Waals surface area contributed by atoms with Gasteiger partial charge < -0.3 is 9.88 Å². The molecule has 2 heterocycles. The van der Waals surface area contributed by atoms with E-state index in [0.717, 1.165) is 40.6 Å². The van der Waals surface area contributed by atoms with Crippen molar-refractivity contribution in [2.24, 2.45) is 0 Å². The van der Waals surface area contributed by atoms with Gasteiger partial charge in [-0.3, -0.25) is 4.79 Å². The number of rotatable bonds is 5. The topological polar surface area (TPSA) is 49.0 Å². The Labute approximate surface area is 151 Å². The van der Waals surface area contributed by atoms with E-state index in [1.165, 1.54) is 0 Å². The molecule has 1 aromatic heterocycles. The van der Waals surface area contributed by atoms with Crippen LogP contribution in [0.15, 0.2) is 65.8 Å². The molecule has 1 N–H and O–H groups in total. The molecule has 0 saturated carbocycles. The van der Waals surface area contributed by atoms with Crippen LogP contribution in [0, 0.1) is 0 Å². The van der Waals surface area contributed by atoms with Crippen molar-refractivity contribution < 1.29 is 4.79 Å². The normalized spacial score (nSPS) is 14.2. The Morgan fingerprint density at radius 3 is 2.32 bits per heavy atom. The van der Waals surface area contributed by atoms with E-state index < -0.39 is 0 Å². The van der Waals surface area contributed by atoms with Crippen molar-refractivity contribution >= 4 is 17.7 Å². The zero-order valence-corrected chi connectivity index (χ0v) is 14.6. The Hall–Kier alpha value is -2.53. The number of amides is 1. The van der Waals surface area contributed by atoms with Crippen LogP contribution in [-0.4, -0.2) is 33.2 Å². The van der Waals surface area contributed by atoms with Crippen LogP contribution in [0.25, 0.3) is 22.5 Å². The molecular weight excluding hydrogens is 330 g/mol. The Kier molecular flexibility index (Phi) is 4.57. The fourth-order valence-corrected chi connectivity index (χ4v) is 3.90. The number of hydrogen-bond acceptors (Lipinski definition) is 3. The molecule has 1 saturated heterocycles. The van der Waals surface area contributed by atoms with E-state index in [2.05, 4.69) is 29.2 Å². The molecule has 3 aromatic rings. The lowest BCUT2D eigenvalue weighted by atomic mass is 10.1. The third-order valence-corrected chi connectivity index (χ3v) is 5.23. The molecular formula is C20H19N3OS. The lowest BCUT2D eigenvalue weighted by Gasteiger charge is -2.13. The number of H-pyrrole nitrogens is 1. The van der Waals surface area contributed by atoms with Crippen LogP contribution >= 0.6 is 11.8 Å². The first kappa shape index (κ1) is 16.0. The molecule has 4 nitrogen and oxygen atoms in total. The van der Waals surface area contributed by atoms with Crippen LogP contribution in [0.5, 0.6) is 0 Å². The molecule has 25 heavy (non-hydrogen) atoms. The van der Waals surface area contributed by atoms with Gasteiger partial charge in [0.15, 0.2) is 5.16 Å². The van der Waals surface area contributed by atoms with Gasteiger partial charge in [-0.2, -0.15) is 0 Å². The number of thioether (sulfide) groups is 1. The second kappa shape index (κ2) is 7.15. The summed E-state index contributed by atoms with van der Waals surface area (Å²) in [6, 6.07) is 20.4. The molecule has 1 fully saturated rings. The first-order valence-corrected chi connectivity index (χ1v) is 9.41. The molecule has 0 unspecified atom stereocenters. The zero-order valence-electron chi connectivity index (χ0n) is 13.8. The van der Waals surface area contributed by atoms with Crippen molar-refractivity contribution in [1.82, 2.24) is 14.9 Å². The highest BCUT2D eigenvalue weighted by Crippen LogP contribution is 2.33. The quantitative estimate of drug-likeness (QED) is 0.694. The standard InChI is InChI=1S/C20H19N3OS/c24-17-12-7-13-23(17)14-25-20-21-18(15-8-3-1-4-9-15)19(22-20)16-10-5-2-6-11-16/h1-6,8-11H,7,12-14H2,(H,21,22). The van der Waals surface area contributed by atoms with Gasteiger partial charge in [-0.1, -0.05) is 72.4 Å². The van der Waals surface area contributed by atoms with Crippen molar-refractivity contribution in [3.63, 3.8) is 0 Å². The summed E-state index contributed by atoms with van der Waals surface area (Å²) in [5, 5.41) is 0.845. The summed E-state index contributed by atoms with van der Waals surface area (Å²) in [5.41, 5.74) is 4.16. The minimum absolute atomic E-state index is 0.241. The molecule has 0 bridgehead atoms. The minimum Gasteiger partial charge on any atom is -0.333 e. The number of carbonyl (C=O) groups excluding carboxylic acids is 1. The van der Waals surface area contributed by atoms with Crippen molar-refractivity contribution in [2.75, 3.05) is 12.4 Å². The number of carbonyl (C=O) groups is 1. The molecule has 1 aliphatic heterocycles. The Morgan fingerprint density at radius 1 is 1.00 bits per heavy atom. The highest BCUT2D eigenvalue weighted by molar-refractivity contribution is 7.99. The van der Waals surface area contributed by atoms with Crippen LogP contribution < -0.4 is 0 Å². The first-order chi connectivity index (χ1) is 12.3. The molecule has 1 amide bonds. The maximum absolute atomic E-state index is 11.8. The molecule has 0 atom stereocenters. The van der Waals surface area contributed by atoms with Crippen molar-refractivity contribution in [3.05, 3.63) is 60.7 Å². The molecule has 4 rings (SSSR count). The lowest BCUT2D eigenvalue weighted by molar-refractivity contribution is -0.126. The largest absolute Gasteiger partial charge is 0.333 e. The fraction of sp³-hybridized carbons (Fsp3) is 0.200. The molecule has 1 aliphatic rings. The van der Waals surface area contributed by atoms with Crippen LogP contribution in [0.2, 0.25) is 0 Å². The third kappa shape index (κ3) is 3.46. The van der Waals surface area contributed by atoms with Gasteiger partial charge >= 0.3 is 0 Å². The summed E-state index contributed by atoms with van der Waals surface area (Å²) in [6.07, 6.45) is 1.63. The first-order valence-electron chi connectivity index (χ1n) is 8.43. The number of nitrogens with zero attached hydrogens (tertiary/aromatic N) is 2. The predicted molar refractivity (Wildman–Crippen MR) is 101 cm³/mol. The van der Waals surface area contributed by atoms with Gasteiger partial charge in [-0.25, -0.2) is 4.98 Å². The van der Waals surface area contributed by atoms with Gasteiger partial charge in [-0.15, -0.1) is 0 Å². The molecule has 126 valence electrons. The minimum atomic E-state index is 0.241. The molecule has 0 spiro atoms. The van der Waals surface area contributed by atoms with Gasteiger partial charge in [0.2, 0.25) is 5.91 Å². The number of aromatic nitrogens is 2. The maximum atomic E-state index is 11.8. The van der Waals surface area contributed by atoms with Gasteiger partial charge in [0.25, 0.3) is 0 Å². The van der Waals surface area contributed by atoms with Crippen molar-refractivity contribution in [1.29, 1.82) is 0 Å². The predicted octanol–water partition coefficient (Wildman–Crippen LogP) is 4.42. The Morgan fingerprint density at radius 2 is 1.68 bits per heavy atom. The summed E-state index contributed by atoms with van der Waals surface area (Å²) in [4.78, 5) is 22.0. The second-order valence-electron chi connectivity index (χ2n) is 6.03. The SMILES string of the molecule is O=C1CCCN1CSc1nc(-c2ccccc2)c(-c2ccccc2)[nH]1. The second-order valence-corrected chi connectivity index (χ2v) is 6.97. The monoisotopic (exact) mass is 349 g/mol. The van der Waals surface area contributed by atoms with E-state index in [4.69, 9.17) is 4.98 Å².